The maximum absolute atomic E-state index is 13.0. The summed E-state index contributed by atoms with van der Waals surface area (Å²) in [6.45, 7) is 6.06. The van der Waals surface area contributed by atoms with Crippen LogP contribution in [0.1, 0.15) is 43.2 Å². The van der Waals surface area contributed by atoms with Crippen LogP contribution in [0.25, 0.3) is 0 Å². The lowest BCUT2D eigenvalue weighted by atomic mass is 10.0. The van der Waals surface area contributed by atoms with Crippen LogP contribution in [0.15, 0.2) is 0 Å². The lowest BCUT2D eigenvalue weighted by Gasteiger charge is -2.29. The molecule has 11 heteroatoms. The Kier molecular flexibility index (Phi) is 5.62. The lowest BCUT2D eigenvalue weighted by molar-refractivity contribution is -0.117. The van der Waals surface area contributed by atoms with Crippen LogP contribution >= 0.6 is 11.3 Å². The molecule has 3 rings (SSSR count). The number of ether oxygens (including phenoxy) is 1. The van der Waals surface area contributed by atoms with E-state index in [2.05, 4.69) is 6.07 Å². The van der Waals surface area contributed by atoms with E-state index in [-0.39, 0.29) is 25.4 Å². The van der Waals surface area contributed by atoms with E-state index >= 15 is 0 Å². The van der Waals surface area contributed by atoms with Gasteiger partial charge in [-0.15, -0.1) is 15.2 Å². The van der Waals surface area contributed by atoms with Crippen molar-refractivity contribution in [2.75, 3.05) is 23.7 Å². The van der Waals surface area contributed by atoms with Gasteiger partial charge in [0.05, 0.1) is 17.9 Å². The Hall–Kier alpha value is -2.19. The van der Waals surface area contributed by atoms with Crippen molar-refractivity contribution in [2.45, 2.75) is 45.8 Å². The average Bonchev–Trinajstić information content (AvgIpc) is 3.10. The molecule has 1 aromatic rings. The van der Waals surface area contributed by atoms with Gasteiger partial charge in [-0.2, -0.15) is 13.7 Å². The first-order chi connectivity index (χ1) is 13.4. The van der Waals surface area contributed by atoms with Crippen LogP contribution in [0.2, 0.25) is 0 Å². The first-order valence-corrected chi connectivity index (χ1v) is 11.5. The zero-order valence-electron chi connectivity index (χ0n) is 16.4. The molecule has 0 radical (unpaired) electrons. The summed E-state index contributed by atoms with van der Waals surface area (Å²) in [5.41, 5.74) is 0.538. The SMILES string of the molecule is CC(C)(C)OC(=O)N1CCc2c(sc(N3CC(CS(=O)(=O)F)CC3=O)c2C#N)C1. The van der Waals surface area contributed by atoms with Crippen LogP contribution < -0.4 is 4.90 Å². The first-order valence-electron chi connectivity index (χ1n) is 9.13. The number of hydrogen-bond donors (Lipinski definition) is 0. The number of nitriles is 1. The second kappa shape index (κ2) is 7.57. The molecule has 2 aliphatic heterocycles. The summed E-state index contributed by atoms with van der Waals surface area (Å²) < 4.78 is 40.3. The third-order valence-corrected chi connectivity index (χ3v) is 6.80. The molecule has 1 atom stereocenters. The maximum atomic E-state index is 13.0. The summed E-state index contributed by atoms with van der Waals surface area (Å²) in [6, 6.07) is 2.14. The van der Waals surface area contributed by atoms with E-state index in [1.54, 1.807) is 25.7 Å². The quantitative estimate of drug-likeness (QED) is 0.665. The highest BCUT2D eigenvalue weighted by atomic mass is 32.3. The second-order valence-electron chi connectivity index (χ2n) is 8.23. The fourth-order valence-electron chi connectivity index (χ4n) is 3.55. The summed E-state index contributed by atoms with van der Waals surface area (Å²) in [6.07, 6.45) is -0.0686. The van der Waals surface area contributed by atoms with Gasteiger partial charge in [0.2, 0.25) is 5.91 Å². The molecule has 158 valence electrons. The van der Waals surface area contributed by atoms with Gasteiger partial charge in [0.1, 0.15) is 16.7 Å². The molecular weight excluding hydrogens is 421 g/mol. The molecule has 0 aliphatic carbocycles. The van der Waals surface area contributed by atoms with E-state index in [0.29, 0.717) is 23.5 Å². The fraction of sp³-hybridized carbons (Fsp3) is 0.611. The van der Waals surface area contributed by atoms with Crippen molar-refractivity contribution in [3.8, 4) is 6.07 Å². The molecule has 1 aromatic heterocycles. The van der Waals surface area contributed by atoms with E-state index in [4.69, 9.17) is 4.74 Å². The zero-order chi connectivity index (χ0) is 21.6. The molecule has 1 fully saturated rings. The Morgan fingerprint density at radius 1 is 1.41 bits per heavy atom. The Bertz CT molecular complexity index is 990. The monoisotopic (exact) mass is 443 g/mol. The predicted octanol–water partition coefficient (Wildman–Crippen LogP) is 2.57. The van der Waals surface area contributed by atoms with Crippen molar-refractivity contribution < 1.29 is 26.6 Å². The third kappa shape index (κ3) is 4.87. The fourth-order valence-corrected chi connectivity index (χ4v) is 5.67. The van der Waals surface area contributed by atoms with E-state index in [0.717, 1.165) is 10.4 Å². The molecule has 0 saturated carbocycles. The number of nitrogens with zero attached hydrogens (tertiary/aromatic N) is 3. The van der Waals surface area contributed by atoms with Gasteiger partial charge in [0, 0.05) is 30.3 Å². The van der Waals surface area contributed by atoms with Crippen molar-refractivity contribution >= 4 is 38.6 Å². The second-order valence-corrected chi connectivity index (χ2v) is 10.7. The molecule has 8 nitrogen and oxygen atoms in total. The van der Waals surface area contributed by atoms with Gasteiger partial charge in [0.15, 0.2) is 0 Å². The van der Waals surface area contributed by atoms with Crippen LogP contribution in [0.5, 0.6) is 0 Å². The summed E-state index contributed by atoms with van der Waals surface area (Å²) >= 11 is 1.24. The molecule has 0 N–H and O–H groups in total. The number of halogens is 1. The zero-order valence-corrected chi connectivity index (χ0v) is 18.0. The molecule has 1 unspecified atom stereocenters. The minimum absolute atomic E-state index is 0.0475. The van der Waals surface area contributed by atoms with E-state index < -0.39 is 33.6 Å². The van der Waals surface area contributed by atoms with Crippen molar-refractivity contribution in [3.63, 3.8) is 0 Å². The summed E-state index contributed by atoms with van der Waals surface area (Å²) in [4.78, 5) is 28.5. The molecule has 0 bridgehead atoms. The molecule has 2 aliphatic rings. The predicted molar refractivity (Wildman–Crippen MR) is 105 cm³/mol. The van der Waals surface area contributed by atoms with Crippen molar-refractivity contribution in [1.29, 1.82) is 5.26 Å². The lowest BCUT2D eigenvalue weighted by Crippen LogP contribution is -2.39. The number of carbonyl (C=O) groups is 2. The molecule has 3 heterocycles. The molecule has 29 heavy (non-hydrogen) atoms. The number of rotatable bonds is 3. The highest BCUT2D eigenvalue weighted by Crippen LogP contribution is 2.41. The van der Waals surface area contributed by atoms with Crippen LogP contribution in [0, 0.1) is 17.2 Å². The van der Waals surface area contributed by atoms with Crippen LogP contribution in [-0.4, -0.2) is 49.8 Å². The Morgan fingerprint density at radius 2 is 2.10 bits per heavy atom. The molecule has 2 amide bonds. The Balaban J connectivity index is 1.83. The van der Waals surface area contributed by atoms with Gasteiger partial charge in [0.25, 0.3) is 0 Å². The van der Waals surface area contributed by atoms with Crippen LogP contribution in [0.4, 0.5) is 13.7 Å². The van der Waals surface area contributed by atoms with Crippen LogP contribution in [0.3, 0.4) is 0 Å². The number of carbonyl (C=O) groups excluding carboxylic acids is 2. The largest absolute Gasteiger partial charge is 0.444 e. The van der Waals surface area contributed by atoms with Crippen molar-refractivity contribution in [1.82, 2.24) is 4.90 Å². The standard InChI is InChI=1S/C18H22FN3O5S2/c1-18(2,3)27-17(24)21-5-4-12-13(7-20)16(28-14(12)9-21)22-8-11(6-15(22)23)10-29(19,25)26/h11H,4-6,8-10H2,1-3H3. The summed E-state index contributed by atoms with van der Waals surface area (Å²) in [5.74, 6) is -1.70. The van der Waals surface area contributed by atoms with E-state index in [1.807, 2.05) is 0 Å². The van der Waals surface area contributed by atoms with Gasteiger partial charge < -0.3 is 14.5 Å². The van der Waals surface area contributed by atoms with E-state index in [9.17, 15) is 27.2 Å². The molecular formula is C18H22FN3O5S2. The van der Waals surface area contributed by atoms with E-state index in [1.165, 1.54) is 16.2 Å². The summed E-state index contributed by atoms with van der Waals surface area (Å²) in [7, 11) is -4.68. The Morgan fingerprint density at radius 3 is 2.69 bits per heavy atom. The molecule has 0 aromatic carbocycles. The highest BCUT2D eigenvalue weighted by Gasteiger charge is 2.38. The first kappa shape index (κ1) is 21.5. The van der Waals surface area contributed by atoms with Crippen molar-refractivity contribution in [3.05, 3.63) is 16.0 Å². The number of fused-ring (bicyclic) bond motifs is 1. The van der Waals surface area contributed by atoms with Gasteiger partial charge in [-0.3, -0.25) is 4.79 Å². The molecule has 1 saturated heterocycles. The van der Waals surface area contributed by atoms with Gasteiger partial charge >= 0.3 is 16.3 Å². The maximum Gasteiger partial charge on any atom is 0.410 e. The van der Waals surface area contributed by atoms with Gasteiger partial charge in [-0.25, -0.2) is 4.79 Å². The smallest absolute Gasteiger partial charge is 0.410 e. The number of amides is 2. The van der Waals surface area contributed by atoms with Gasteiger partial charge in [-0.05, 0) is 32.8 Å². The topological polar surface area (TPSA) is 108 Å². The third-order valence-electron chi connectivity index (χ3n) is 4.69. The minimum atomic E-state index is -4.68. The molecule has 0 spiro atoms. The van der Waals surface area contributed by atoms with Gasteiger partial charge in [-0.1, -0.05) is 0 Å². The normalized spacial score (nSPS) is 19.8. The van der Waals surface area contributed by atoms with Crippen molar-refractivity contribution in [2.24, 2.45) is 5.92 Å². The summed E-state index contributed by atoms with van der Waals surface area (Å²) in [5, 5.41) is 10.1. The minimum Gasteiger partial charge on any atom is -0.444 e. The number of hydrogen-bond acceptors (Lipinski definition) is 7. The number of thiophene rings is 1. The van der Waals surface area contributed by atoms with Crippen LogP contribution in [-0.2, 0) is 32.7 Å². The Labute approximate surface area is 173 Å². The highest BCUT2D eigenvalue weighted by molar-refractivity contribution is 7.86. The number of anilines is 1. The average molecular weight is 444 g/mol.